The molecular formula is C13H19FN2O2S. The predicted molar refractivity (Wildman–Crippen MR) is 72.0 cm³/mol. The molecule has 1 aromatic heterocycles. The summed E-state index contributed by atoms with van der Waals surface area (Å²) in [6.07, 6.45) is 2.76. The Morgan fingerprint density at radius 2 is 2.32 bits per heavy atom. The highest BCUT2D eigenvalue weighted by Crippen LogP contribution is 2.20. The van der Waals surface area contributed by atoms with Crippen LogP contribution in [0.25, 0.3) is 0 Å². The first-order chi connectivity index (χ1) is 9.00. The van der Waals surface area contributed by atoms with Crippen LogP contribution in [0.5, 0.6) is 0 Å². The second-order valence-electron chi connectivity index (χ2n) is 5.04. The minimum Gasteiger partial charge on any atom is -0.308 e. The van der Waals surface area contributed by atoms with E-state index in [4.69, 9.17) is 0 Å². The van der Waals surface area contributed by atoms with Gasteiger partial charge >= 0.3 is 0 Å². The van der Waals surface area contributed by atoms with Gasteiger partial charge in [0, 0.05) is 6.04 Å². The van der Waals surface area contributed by atoms with Gasteiger partial charge in [0.05, 0.1) is 23.4 Å². The Labute approximate surface area is 113 Å². The van der Waals surface area contributed by atoms with Gasteiger partial charge in [-0.25, -0.2) is 12.8 Å². The Hall–Kier alpha value is -1.01. The molecule has 1 aromatic rings. The van der Waals surface area contributed by atoms with Crippen LogP contribution in [0.2, 0.25) is 0 Å². The molecule has 2 atom stereocenters. The molecule has 1 aliphatic heterocycles. The summed E-state index contributed by atoms with van der Waals surface area (Å²) in [7, 11) is -2.83. The number of nitrogens with one attached hydrogen (secondary N) is 1. The number of sulfone groups is 1. The first-order valence-electron chi connectivity index (χ1n) is 6.55. The van der Waals surface area contributed by atoms with Crippen molar-refractivity contribution in [3.63, 3.8) is 0 Å². The van der Waals surface area contributed by atoms with Crippen molar-refractivity contribution in [3.05, 3.63) is 29.8 Å². The van der Waals surface area contributed by atoms with E-state index in [1.54, 1.807) is 6.07 Å². The minimum atomic E-state index is -2.83. The Kier molecular flexibility index (Phi) is 4.52. The van der Waals surface area contributed by atoms with Crippen LogP contribution in [-0.4, -0.2) is 31.5 Å². The van der Waals surface area contributed by atoms with Gasteiger partial charge in [-0.1, -0.05) is 6.92 Å². The molecule has 0 aliphatic carbocycles. The van der Waals surface area contributed by atoms with Gasteiger partial charge < -0.3 is 5.32 Å². The maximum Gasteiger partial charge on any atom is 0.150 e. The molecule has 106 valence electrons. The maximum atomic E-state index is 12.8. The first kappa shape index (κ1) is 14.4. The molecule has 2 unspecified atom stereocenters. The molecule has 0 spiro atoms. The van der Waals surface area contributed by atoms with Gasteiger partial charge in [-0.15, -0.1) is 0 Å². The van der Waals surface area contributed by atoms with Crippen molar-refractivity contribution < 1.29 is 12.8 Å². The quantitative estimate of drug-likeness (QED) is 0.895. The molecule has 0 aromatic carbocycles. The minimum absolute atomic E-state index is 0.0453. The molecule has 6 heteroatoms. The smallest absolute Gasteiger partial charge is 0.150 e. The fourth-order valence-electron chi connectivity index (χ4n) is 2.39. The average Bonchev–Trinajstić information content (AvgIpc) is 2.72. The van der Waals surface area contributed by atoms with Gasteiger partial charge in [-0.05, 0) is 37.4 Å². The molecule has 1 N–H and O–H groups in total. The topological polar surface area (TPSA) is 59.1 Å². The zero-order chi connectivity index (χ0) is 13.9. The van der Waals surface area contributed by atoms with Crippen LogP contribution in [0.4, 0.5) is 4.39 Å². The van der Waals surface area contributed by atoms with Crippen molar-refractivity contribution in [2.45, 2.75) is 25.8 Å². The lowest BCUT2D eigenvalue weighted by molar-refractivity contribution is 0.442. The van der Waals surface area contributed by atoms with Crippen molar-refractivity contribution in [1.82, 2.24) is 10.3 Å². The molecule has 0 bridgehead atoms. The van der Waals surface area contributed by atoms with Gasteiger partial charge in [-0.2, -0.15) is 0 Å². The van der Waals surface area contributed by atoms with Crippen LogP contribution in [0, 0.1) is 11.7 Å². The Morgan fingerprint density at radius 3 is 2.84 bits per heavy atom. The molecule has 1 aliphatic rings. The van der Waals surface area contributed by atoms with E-state index in [0.717, 1.165) is 18.5 Å². The Bertz CT molecular complexity index is 516. The molecule has 2 heterocycles. The van der Waals surface area contributed by atoms with Crippen LogP contribution >= 0.6 is 0 Å². The third kappa shape index (κ3) is 3.98. The van der Waals surface area contributed by atoms with Crippen molar-refractivity contribution in [2.75, 3.05) is 18.1 Å². The molecule has 19 heavy (non-hydrogen) atoms. The summed E-state index contributed by atoms with van der Waals surface area (Å²) in [6, 6.07) is 3.11. The third-order valence-corrected chi connectivity index (χ3v) is 5.33. The molecule has 2 rings (SSSR count). The average molecular weight is 286 g/mol. The molecule has 0 amide bonds. The van der Waals surface area contributed by atoms with E-state index in [9.17, 15) is 12.8 Å². The van der Waals surface area contributed by atoms with E-state index in [-0.39, 0.29) is 23.5 Å². The lowest BCUT2D eigenvalue weighted by Crippen LogP contribution is -2.28. The van der Waals surface area contributed by atoms with E-state index in [1.807, 2.05) is 6.92 Å². The fourth-order valence-corrected chi connectivity index (χ4v) is 4.26. The summed E-state index contributed by atoms with van der Waals surface area (Å²) >= 11 is 0. The monoisotopic (exact) mass is 286 g/mol. The standard InChI is InChI=1S/C13H19FN2O2S/c1-2-12(13-4-3-11(14)8-16-13)15-7-10-5-6-19(17,18)9-10/h3-4,8,10,12,15H,2,5-7,9H2,1H3. The highest BCUT2D eigenvalue weighted by atomic mass is 32.2. The molecule has 1 fully saturated rings. The molecular weight excluding hydrogens is 267 g/mol. The number of hydrogen-bond acceptors (Lipinski definition) is 4. The van der Waals surface area contributed by atoms with E-state index >= 15 is 0 Å². The summed E-state index contributed by atoms with van der Waals surface area (Å²) in [5.41, 5.74) is 0.796. The summed E-state index contributed by atoms with van der Waals surface area (Å²) in [5, 5.41) is 3.34. The number of hydrogen-bond donors (Lipinski definition) is 1. The first-order valence-corrected chi connectivity index (χ1v) is 8.37. The lowest BCUT2D eigenvalue weighted by Gasteiger charge is -2.18. The van der Waals surface area contributed by atoms with E-state index < -0.39 is 9.84 Å². The second-order valence-corrected chi connectivity index (χ2v) is 7.27. The zero-order valence-electron chi connectivity index (χ0n) is 11.0. The predicted octanol–water partition coefficient (Wildman–Crippen LogP) is 1.70. The zero-order valence-corrected chi connectivity index (χ0v) is 11.8. The normalized spacial score (nSPS) is 23.4. The fraction of sp³-hybridized carbons (Fsp3) is 0.615. The van der Waals surface area contributed by atoms with Crippen LogP contribution in [0.3, 0.4) is 0 Å². The largest absolute Gasteiger partial charge is 0.308 e. The highest BCUT2D eigenvalue weighted by molar-refractivity contribution is 7.91. The van der Waals surface area contributed by atoms with Gasteiger partial charge in [0.2, 0.25) is 0 Å². The summed E-state index contributed by atoms with van der Waals surface area (Å²) in [6.45, 7) is 2.69. The lowest BCUT2D eigenvalue weighted by atomic mass is 10.1. The second kappa shape index (κ2) is 5.96. The van der Waals surface area contributed by atoms with Crippen molar-refractivity contribution in [3.8, 4) is 0 Å². The molecule has 1 saturated heterocycles. The molecule has 0 radical (unpaired) electrons. The van der Waals surface area contributed by atoms with Gasteiger partial charge in [0.25, 0.3) is 0 Å². The van der Waals surface area contributed by atoms with Gasteiger partial charge in [0.15, 0.2) is 9.84 Å². The van der Waals surface area contributed by atoms with E-state index in [2.05, 4.69) is 10.3 Å². The summed E-state index contributed by atoms with van der Waals surface area (Å²) in [4.78, 5) is 4.07. The van der Waals surface area contributed by atoms with Crippen LogP contribution in [0.15, 0.2) is 18.3 Å². The number of nitrogens with zero attached hydrogens (tertiary/aromatic N) is 1. The summed E-state index contributed by atoms with van der Waals surface area (Å²) < 4.78 is 35.6. The van der Waals surface area contributed by atoms with Crippen molar-refractivity contribution in [1.29, 1.82) is 0 Å². The molecule has 0 saturated carbocycles. The number of aromatic nitrogens is 1. The van der Waals surface area contributed by atoms with Crippen LogP contribution < -0.4 is 5.32 Å². The maximum absolute atomic E-state index is 12.8. The third-order valence-electron chi connectivity index (χ3n) is 3.50. The number of halogens is 1. The number of pyridine rings is 1. The van der Waals surface area contributed by atoms with Crippen LogP contribution in [0.1, 0.15) is 31.5 Å². The highest BCUT2D eigenvalue weighted by Gasteiger charge is 2.28. The Balaban J connectivity index is 1.91. The number of rotatable bonds is 5. The van der Waals surface area contributed by atoms with Gasteiger partial charge in [0.1, 0.15) is 5.82 Å². The Morgan fingerprint density at radius 1 is 1.53 bits per heavy atom. The summed E-state index contributed by atoms with van der Waals surface area (Å²) in [5.74, 6) is 0.401. The van der Waals surface area contributed by atoms with E-state index in [0.29, 0.717) is 12.3 Å². The molecule has 4 nitrogen and oxygen atoms in total. The van der Waals surface area contributed by atoms with Crippen LogP contribution in [-0.2, 0) is 9.84 Å². The van der Waals surface area contributed by atoms with Crippen molar-refractivity contribution >= 4 is 9.84 Å². The van der Waals surface area contributed by atoms with E-state index in [1.165, 1.54) is 12.3 Å². The SMILES string of the molecule is CCC(NCC1CCS(=O)(=O)C1)c1ccc(F)cn1. The van der Waals surface area contributed by atoms with Gasteiger partial charge in [-0.3, -0.25) is 4.98 Å². The van der Waals surface area contributed by atoms with Crippen molar-refractivity contribution in [2.24, 2.45) is 5.92 Å².